The van der Waals surface area contributed by atoms with Gasteiger partial charge in [0, 0.05) is 12.1 Å². The van der Waals surface area contributed by atoms with Crippen molar-refractivity contribution in [1.82, 2.24) is 10.7 Å². The van der Waals surface area contributed by atoms with E-state index in [1.807, 2.05) is 6.92 Å². The summed E-state index contributed by atoms with van der Waals surface area (Å²) in [6.45, 7) is 4.47. The maximum Gasteiger partial charge on any atom is 0.186 e. The molecule has 0 aliphatic rings. The number of benzene rings is 1. The topological polar surface area (TPSA) is 36.4 Å². The van der Waals surface area contributed by atoms with E-state index in [0.29, 0.717) is 10.8 Å². The van der Waals surface area contributed by atoms with Gasteiger partial charge in [0.15, 0.2) is 5.11 Å². The predicted octanol–water partition coefficient (Wildman–Crippen LogP) is 2.03. The minimum absolute atomic E-state index is 0.277. The van der Waals surface area contributed by atoms with Crippen LogP contribution in [-0.2, 0) is 0 Å². The van der Waals surface area contributed by atoms with Gasteiger partial charge in [-0.1, -0.05) is 12.1 Å². The first-order chi connectivity index (χ1) is 7.63. The van der Waals surface area contributed by atoms with Crippen LogP contribution in [0.4, 0.5) is 4.39 Å². The first-order valence-electron chi connectivity index (χ1n) is 4.97. The maximum absolute atomic E-state index is 12.9. The molecule has 86 valence electrons. The number of halogens is 1. The number of nitrogens with zero attached hydrogens (tertiary/aromatic N) is 1. The molecule has 0 aliphatic heterocycles. The summed E-state index contributed by atoms with van der Waals surface area (Å²) in [7, 11) is 0. The van der Waals surface area contributed by atoms with Crippen LogP contribution in [0.3, 0.4) is 0 Å². The van der Waals surface area contributed by atoms with Gasteiger partial charge in [0.1, 0.15) is 5.82 Å². The SMILES string of the molecule is CCNC(=S)N/N=C(/C)c1cccc(F)c1. The molecule has 0 atom stereocenters. The van der Waals surface area contributed by atoms with Gasteiger partial charge in [-0.05, 0) is 38.2 Å². The highest BCUT2D eigenvalue weighted by Gasteiger charge is 1.99. The molecule has 0 bridgehead atoms. The monoisotopic (exact) mass is 239 g/mol. The lowest BCUT2D eigenvalue weighted by atomic mass is 10.1. The van der Waals surface area contributed by atoms with Crippen molar-refractivity contribution >= 4 is 23.0 Å². The molecule has 1 aromatic rings. The lowest BCUT2D eigenvalue weighted by Gasteiger charge is -2.05. The Balaban J connectivity index is 2.67. The largest absolute Gasteiger partial charge is 0.362 e. The van der Waals surface area contributed by atoms with Gasteiger partial charge >= 0.3 is 0 Å². The Morgan fingerprint density at radius 2 is 2.25 bits per heavy atom. The van der Waals surface area contributed by atoms with Crippen LogP contribution < -0.4 is 10.7 Å². The summed E-state index contributed by atoms with van der Waals surface area (Å²) in [5.41, 5.74) is 4.10. The van der Waals surface area contributed by atoms with Crippen LogP contribution in [0.1, 0.15) is 19.4 Å². The molecule has 0 heterocycles. The molecule has 1 aromatic carbocycles. The molecule has 2 N–H and O–H groups in total. The van der Waals surface area contributed by atoms with Gasteiger partial charge in [-0.15, -0.1) is 0 Å². The molecule has 16 heavy (non-hydrogen) atoms. The summed E-state index contributed by atoms with van der Waals surface area (Å²) in [4.78, 5) is 0. The second kappa shape index (κ2) is 6.17. The fraction of sp³-hybridized carbons (Fsp3) is 0.273. The lowest BCUT2D eigenvalue weighted by molar-refractivity contribution is 0.627. The molecule has 0 saturated carbocycles. The Hall–Kier alpha value is -1.49. The molecule has 0 amide bonds. The highest BCUT2D eigenvalue weighted by Crippen LogP contribution is 2.04. The van der Waals surface area contributed by atoms with Crippen molar-refractivity contribution in [2.45, 2.75) is 13.8 Å². The summed E-state index contributed by atoms with van der Waals surface area (Å²) in [5, 5.41) is 7.41. The number of nitrogens with one attached hydrogen (secondary N) is 2. The van der Waals surface area contributed by atoms with Crippen molar-refractivity contribution in [3.63, 3.8) is 0 Å². The normalized spacial score (nSPS) is 11.1. The number of hydrazone groups is 1. The predicted molar refractivity (Wildman–Crippen MR) is 68.0 cm³/mol. The molecule has 0 saturated heterocycles. The average molecular weight is 239 g/mol. The van der Waals surface area contributed by atoms with E-state index in [2.05, 4.69) is 15.8 Å². The van der Waals surface area contributed by atoms with Crippen LogP contribution in [0.25, 0.3) is 0 Å². The second-order valence-corrected chi connectivity index (χ2v) is 3.59. The Labute approximate surface area is 99.7 Å². The zero-order chi connectivity index (χ0) is 12.0. The highest BCUT2D eigenvalue weighted by molar-refractivity contribution is 7.80. The van der Waals surface area contributed by atoms with Crippen LogP contribution in [0.15, 0.2) is 29.4 Å². The number of hydrogen-bond acceptors (Lipinski definition) is 2. The minimum Gasteiger partial charge on any atom is -0.362 e. The zero-order valence-electron chi connectivity index (χ0n) is 9.25. The number of rotatable bonds is 3. The molecule has 3 nitrogen and oxygen atoms in total. The molecule has 0 spiro atoms. The third kappa shape index (κ3) is 3.94. The van der Waals surface area contributed by atoms with E-state index in [1.165, 1.54) is 12.1 Å². The van der Waals surface area contributed by atoms with Crippen LogP contribution in [0.5, 0.6) is 0 Å². The van der Waals surface area contributed by atoms with Gasteiger partial charge < -0.3 is 5.32 Å². The van der Waals surface area contributed by atoms with Gasteiger partial charge in [0.2, 0.25) is 0 Å². The molecule has 0 fully saturated rings. The van der Waals surface area contributed by atoms with Crippen molar-refractivity contribution in [2.24, 2.45) is 5.10 Å². The van der Waals surface area contributed by atoms with Crippen molar-refractivity contribution in [1.29, 1.82) is 0 Å². The van der Waals surface area contributed by atoms with E-state index in [0.717, 1.165) is 12.1 Å². The number of thiocarbonyl (C=S) groups is 1. The quantitative estimate of drug-likeness (QED) is 0.481. The smallest absolute Gasteiger partial charge is 0.186 e. The van der Waals surface area contributed by atoms with Crippen LogP contribution in [-0.4, -0.2) is 17.4 Å². The van der Waals surface area contributed by atoms with E-state index >= 15 is 0 Å². The summed E-state index contributed by atoms with van der Waals surface area (Å²) >= 11 is 4.94. The third-order valence-electron chi connectivity index (χ3n) is 1.90. The Bertz CT molecular complexity index is 404. The van der Waals surface area contributed by atoms with Crippen molar-refractivity contribution in [3.05, 3.63) is 35.6 Å². The van der Waals surface area contributed by atoms with Gasteiger partial charge in [-0.2, -0.15) is 5.10 Å². The van der Waals surface area contributed by atoms with Gasteiger partial charge in [0.05, 0.1) is 5.71 Å². The minimum atomic E-state index is -0.277. The fourth-order valence-electron chi connectivity index (χ4n) is 1.11. The molecular formula is C11H14FN3S. The van der Waals surface area contributed by atoms with Gasteiger partial charge in [-0.25, -0.2) is 4.39 Å². The number of hydrogen-bond donors (Lipinski definition) is 2. The Morgan fingerprint density at radius 3 is 2.88 bits per heavy atom. The molecule has 0 radical (unpaired) electrons. The highest BCUT2D eigenvalue weighted by atomic mass is 32.1. The van der Waals surface area contributed by atoms with E-state index in [1.54, 1.807) is 19.1 Å². The van der Waals surface area contributed by atoms with Gasteiger partial charge in [-0.3, -0.25) is 5.43 Å². The van der Waals surface area contributed by atoms with Crippen LogP contribution in [0.2, 0.25) is 0 Å². The lowest BCUT2D eigenvalue weighted by Crippen LogP contribution is -2.32. The standard InChI is InChI=1S/C11H14FN3S/c1-3-13-11(16)15-14-8(2)9-5-4-6-10(12)7-9/h4-7H,3H2,1-2H3,(H2,13,15,16)/b14-8-. The summed E-state index contributed by atoms with van der Waals surface area (Å²) < 4.78 is 12.9. The van der Waals surface area contributed by atoms with Gasteiger partial charge in [0.25, 0.3) is 0 Å². The van der Waals surface area contributed by atoms with Crippen LogP contribution in [0, 0.1) is 5.82 Å². The maximum atomic E-state index is 12.9. The van der Waals surface area contributed by atoms with Crippen molar-refractivity contribution in [2.75, 3.05) is 6.54 Å². The summed E-state index contributed by atoms with van der Waals surface area (Å²) in [6.07, 6.45) is 0. The summed E-state index contributed by atoms with van der Waals surface area (Å²) in [5.74, 6) is -0.277. The van der Waals surface area contributed by atoms with E-state index in [4.69, 9.17) is 12.2 Å². The molecular weight excluding hydrogens is 225 g/mol. The summed E-state index contributed by atoms with van der Waals surface area (Å²) in [6, 6.07) is 6.26. The molecule has 1 rings (SSSR count). The van der Waals surface area contributed by atoms with Crippen LogP contribution >= 0.6 is 12.2 Å². The Kier molecular flexibility index (Phi) is 4.85. The molecule has 0 aromatic heterocycles. The Morgan fingerprint density at radius 1 is 1.50 bits per heavy atom. The zero-order valence-corrected chi connectivity index (χ0v) is 10.1. The van der Waals surface area contributed by atoms with Crippen molar-refractivity contribution in [3.8, 4) is 0 Å². The molecule has 5 heteroatoms. The first kappa shape index (κ1) is 12.6. The first-order valence-corrected chi connectivity index (χ1v) is 5.38. The fourth-order valence-corrected chi connectivity index (χ4v) is 1.30. The third-order valence-corrected chi connectivity index (χ3v) is 2.14. The molecule has 0 unspecified atom stereocenters. The van der Waals surface area contributed by atoms with E-state index in [9.17, 15) is 4.39 Å². The van der Waals surface area contributed by atoms with Crippen molar-refractivity contribution < 1.29 is 4.39 Å². The second-order valence-electron chi connectivity index (χ2n) is 3.18. The average Bonchev–Trinajstić information content (AvgIpc) is 2.26. The van der Waals surface area contributed by atoms with E-state index < -0.39 is 0 Å². The molecule has 0 aliphatic carbocycles. The van der Waals surface area contributed by atoms with E-state index in [-0.39, 0.29) is 5.82 Å².